The molecule has 0 saturated carbocycles. The molecule has 2 aromatic rings. The van der Waals surface area contributed by atoms with Crippen molar-refractivity contribution in [2.45, 2.75) is 12.8 Å². The first-order valence-corrected chi connectivity index (χ1v) is 12.7. The zero-order chi connectivity index (χ0) is 23.8. The van der Waals surface area contributed by atoms with Gasteiger partial charge in [0.25, 0.3) is 0 Å². The van der Waals surface area contributed by atoms with Gasteiger partial charge in [0, 0.05) is 56.0 Å². The summed E-state index contributed by atoms with van der Waals surface area (Å²) in [5.74, 6) is 1.56. The lowest BCUT2D eigenvalue weighted by Crippen LogP contribution is -2.37. The average molecular weight is 538 g/mol. The van der Waals surface area contributed by atoms with E-state index in [2.05, 4.69) is 35.7 Å². The van der Waals surface area contributed by atoms with E-state index in [1.54, 1.807) is 30.9 Å². The number of aromatic nitrogens is 2. The maximum atomic E-state index is 5.63. The SMILES string of the molecule is Brc1cncc(OCCCN2CCOCC2)c1.Nc1cncc(OCCCN2CCOCC2)c1. The molecule has 0 spiro atoms. The molecule has 4 heterocycles. The molecule has 0 aromatic carbocycles. The van der Waals surface area contributed by atoms with E-state index in [9.17, 15) is 0 Å². The minimum atomic E-state index is 0.635. The van der Waals surface area contributed by atoms with Gasteiger partial charge in [0.15, 0.2) is 0 Å². The highest BCUT2D eigenvalue weighted by molar-refractivity contribution is 9.10. The largest absolute Gasteiger partial charge is 0.492 e. The Balaban J connectivity index is 0.000000191. The zero-order valence-corrected chi connectivity index (χ0v) is 21.3. The molecule has 2 N–H and O–H groups in total. The second-order valence-electron chi connectivity index (χ2n) is 8.10. The zero-order valence-electron chi connectivity index (χ0n) is 19.7. The summed E-state index contributed by atoms with van der Waals surface area (Å²) in [5.41, 5.74) is 6.25. The first-order chi connectivity index (χ1) is 16.7. The minimum absolute atomic E-state index is 0.635. The van der Waals surface area contributed by atoms with E-state index in [0.29, 0.717) is 12.3 Å². The van der Waals surface area contributed by atoms with E-state index in [1.807, 2.05) is 6.07 Å². The molecule has 2 aliphatic heterocycles. The van der Waals surface area contributed by atoms with E-state index in [0.717, 1.165) is 101 Å². The standard InChI is InChI=1S/C12H17BrN2O2.C12H19N3O2/c2*13-11-8-12(10-14-9-11)17-5-1-2-15-3-6-16-7-4-15/h8-10H,1-7H2;8-10H,1-7,13H2. The first kappa shape index (κ1) is 26.6. The number of rotatable bonds is 10. The Morgan fingerprint density at radius 2 is 1.26 bits per heavy atom. The molecule has 2 aromatic heterocycles. The Morgan fingerprint density at radius 1 is 0.765 bits per heavy atom. The van der Waals surface area contributed by atoms with Crippen molar-refractivity contribution in [1.29, 1.82) is 0 Å². The van der Waals surface area contributed by atoms with Crippen molar-refractivity contribution in [3.05, 3.63) is 41.4 Å². The molecule has 0 bridgehead atoms. The lowest BCUT2D eigenvalue weighted by atomic mass is 10.3. The average Bonchev–Trinajstić information content (AvgIpc) is 2.86. The van der Waals surface area contributed by atoms with Crippen LogP contribution in [0.15, 0.2) is 41.4 Å². The van der Waals surface area contributed by atoms with Crippen molar-refractivity contribution < 1.29 is 18.9 Å². The van der Waals surface area contributed by atoms with Gasteiger partial charge in [-0.3, -0.25) is 19.8 Å². The van der Waals surface area contributed by atoms with Crippen LogP contribution in [-0.4, -0.2) is 98.7 Å². The quantitative estimate of drug-likeness (QED) is 0.458. The predicted octanol–water partition coefficient (Wildman–Crippen LogP) is 2.71. The van der Waals surface area contributed by atoms with Crippen molar-refractivity contribution in [1.82, 2.24) is 19.8 Å². The molecule has 0 unspecified atom stereocenters. The summed E-state index contributed by atoms with van der Waals surface area (Å²) >= 11 is 3.37. The number of nitrogens with zero attached hydrogens (tertiary/aromatic N) is 4. The maximum absolute atomic E-state index is 5.63. The molecule has 9 nitrogen and oxygen atoms in total. The van der Waals surface area contributed by atoms with Crippen LogP contribution < -0.4 is 15.2 Å². The molecule has 0 aliphatic carbocycles. The lowest BCUT2D eigenvalue weighted by molar-refractivity contribution is 0.0357. The number of halogens is 1. The van der Waals surface area contributed by atoms with Gasteiger partial charge < -0.3 is 24.7 Å². The van der Waals surface area contributed by atoms with Gasteiger partial charge in [-0.2, -0.15) is 0 Å². The van der Waals surface area contributed by atoms with E-state index in [4.69, 9.17) is 24.7 Å². The number of hydrogen-bond acceptors (Lipinski definition) is 9. The summed E-state index contributed by atoms with van der Waals surface area (Å²) in [5, 5.41) is 0. The van der Waals surface area contributed by atoms with E-state index in [1.165, 1.54) is 0 Å². The van der Waals surface area contributed by atoms with Crippen molar-refractivity contribution in [2.24, 2.45) is 0 Å². The molecule has 0 radical (unpaired) electrons. The van der Waals surface area contributed by atoms with Gasteiger partial charge >= 0.3 is 0 Å². The Hall–Kier alpha value is -1.98. The molecule has 188 valence electrons. The van der Waals surface area contributed by atoms with Gasteiger partial charge in [-0.05, 0) is 34.8 Å². The Morgan fingerprint density at radius 3 is 1.76 bits per heavy atom. The molecule has 0 amide bonds. The second-order valence-corrected chi connectivity index (χ2v) is 9.02. The van der Waals surface area contributed by atoms with Crippen LogP contribution in [0.5, 0.6) is 11.5 Å². The fourth-order valence-electron chi connectivity index (χ4n) is 3.59. The Kier molecular flexibility index (Phi) is 12.4. The summed E-state index contributed by atoms with van der Waals surface area (Å²) in [7, 11) is 0. The Labute approximate surface area is 210 Å². The maximum Gasteiger partial charge on any atom is 0.139 e. The first-order valence-electron chi connectivity index (χ1n) is 11.9. The van der Waals surface area contributed by atoms with Gasteiger partial charge in [-0.15, -0.1) is 0 Å². The highest BCUT2D eigenvalue weighted by atomic mass is 79.9. The van der Waals surface area contributed by atoms with Crippen molar-refractivity contribution in [3.8, 4) is 11.5 Å². The van der Waals surface area contributed by atoms with Gasteiger partial charge in [0.05, 0.1) is 63.9 Å². The number of pyridine rings is 2. The summed E-state index contributed by atoms with van der Waals surface area (Å²) in [6.07, 6.45) is 8.83. The third-order valence-electron chi connectivity index (χ3n) is 5.40. The van der Waals surface area contributed by atoms with Crippen molar-refractivity contribution >= 4 is 21.6 Å². The third kappa shape index (κ3) is 11.0. The van der Waals surface area contributed by atoms with Crippen molar-refractivity contribution in [2.75, 3.05) is 84.6 Å². The predicted molar refractivity (Wildman–Crippen MR) is 135 cm³/mol. The molecule has 0 atom stereocenters. The van der Waals surface area contributed by atoms with Crippen LogP contribution in [0, 0.1) is 0 Å². The number of ether oxygens (including phenoxy) is 4. The Bertz CT molecular complexity index is 752. The molecule has 34 heavy (non-hydrogen) atoms. The number of nitrogen functional groups attached to an aromatic ring is 1. The molecule has 10 heteroatoms. The number of morpholine rings is 2. The number of hydrogen-bond donors (Lipinski definition) is 1. The molecule has 2 aliphatic rings. The normalized spacial score (nSPS) is 17.0. The molecule has 4 rings (SSSR count). The molecule has 2 fully saturated rings. The molecule has 2 saturated heterocycles. The lowest BCUT2D eigenvalue weighted by Gasteiger charge is -2.26. The third-order valence-corrected chi connectivity index (χ3v) is 5.83. The van der Waals surface area contributed by atoms with Crippen LogP contribution in [0.25, 0.3) is 0 Å². The van der Waals surface area contributed by atoms with Crippen molar-refractivity contribution in [3.63, 3.8) is 0 Å². The van der Waals surface area contributed by atoms with Crippen LogP contribution in [0.3, 0.4) is 0 Å². The van der Waals surface area contributed by atoms with Gasteiger partial charge in [0.1, 0.15) is 11.5 Å². The fraction of sp³-hybridized carbons (Fsp3) is 0.583. The highest BCUT2D eigenvalue weighted by Gasteiger charge is 2.10. The topological polar surface area (TPSA) is 95.2 Å². The van der Waals surface area contributed by atoms with Gasteiger partial charge in [-0.1, -0.05) is 0 Å². The minimum Gasteiger partial charge on any atom is -0.492 e. The van der Waals surface area contributed by atoms with Crippen LogP contribution >= 0.6 is 15.9 Å². The van der Waals surface area contributed by atoms with Crippen LogP contribution in [0.4, 0.5) is 5.69 Å². The van der Waals surface area contributed by atoms with E-state index >= 15 is 0 Å². The van der Waals surface area contributed by atoms with Gasteiger partial charge in [0.2, 0.25) is 0 Å². The van der Waals surface area contributed by atoms with E-state index < -0.39 is 0 Å². The monoisotopic (exact) mass is 537 g/mol. The smallest absolute Gasteiger partial charge is 0.139 e. The fourth-order valence-corrected chi connectivity index (χ4v) is 3.94. The van der Waals surface area contributed by atoms with Gasteiger partial charge in [-0.25, -0.2) is 0 Å². The summed E-state index contributed by atoms with van der Waals surface area (Å²) in [6.45, 7) is 11.1. The van der Waals surface area contributed by atoms with Crippen LogP contribution in [0.2, 0.25) is 0 Å². The van der Waals surface area contributed by atoms with E-state index in [-0.39, 0.29) is 0 Å². The summed E-state index contributed by atoms with van der Waals surface area (Å²) in [4.78, 5) is 12.8. The van der Waals surface area contributed by atoms with Crippen LogP contribution in [-0.2, 0) is 9.47 Å². The molecular formula is C24H36BrN5O4. The van der Waals surface area contributed by atoms with Crippen LogP contribution in [0.1, 0.15) is 12.8 Å². The summed E-state index contributed by atoms with van der Waals surface area (Å²) in [6, 6.07) is 3.73. The number of anilines is 1. The second kappa shape index (κ2) is 15.8. The summed E-state index contributed by atoms with van der Waals surface area (Å²) < 4.78 is 22.7. The highest BCUT2D eigenvalue weighted by Crippen LogP contribution is 2.16. The number of nitrogens with two attached hydrogens (primary N) is 1. The molecular weight excluding hydrogens is 502 g/mol.